The van der Waals surface area contributed by atoms with Crippen LogP contribution in [0, 0.1) is 6.92 Å². The number of hydrogen-bond donors (Lipinski definition) is 2. The molecule has 0 radical (unpaired) electrons. The zero-order valence-corrected chi connectivity index (χ0v) is 10.3. The first-order valence-electron chi connectivity index (χ1n) is 5.68. The van der Waals surface area contributed by atoms with Gasteiger partial charge in [0.15, 0.2) is 0 Å². The SMILES string of the molecule is Cc1ccc(C(=O)O)n1CC(=O)Nc1ccccn1. The molecule has 0 aliphatic heterocycles. The number of pyridine rings is 1. The van der Waals surface area contributed by atoms with E-state index in [1.807, 2.05) is 0 Å². The molecular weight excluding hydrogens is 246 g/mol. The van der Waals surface area contributed by atoms with Crippen molar-refractivity contribution in [2.45, 2.75) is 13.5 Å². The van der Waals surface area contributed by atoms with E-state index in [-0.39, 0.29) is 18.1 Å². The minimum Gasteiger partial charge on any atom is -0.477 e. The molecule has 0 unspecified atom stereocenters. The Kier molecular flexibility index (Phi) is 3.61. The molecule has 19 heavy (non-hydrogen) atoms. The number of rotatable bonds is 4. The molecule has 6 nitrogen and oxygen atoms in total. The van der Waals surface area contributed by atoms with Gasteiger partial charge in [-0.25, -0.2) is 9.78 Å². The van der Waals surface area contributed by atoms with Crippen molar-refractivity contribution in [1.29, 1.82) is 0 Å². The summed E-state index contributed by atoms with van der Waals surface area (Å²) in [4.78, 5) is 26.8. The summed E-state index contributed by atoms with van der Waals surface area (Å²) in [5.74, 6) is -0.937. The molecule has 0 fully saturated rings. The van der Waals surface area contributed by atoms with Gasteiger partial charge in [0, 0.05) is 11.9 Å². The van der Waals surface area contributed by atoms with Crippen molar-refractivity contribution < 1.29 is 14.7 Å². The van der Waals surface area contributed by atoms with Gasteiger partial charge < -0.3 is 15.0 Å². The number of carbonyl (C=O) groups excluding carboxylic acids is 1. The standard InChI is InChI=1S/C13H13N3O3/c1-9-5-6-10(13(18)19)16(9)8-12(17)15-11-4-2-3-7-14-11/h2-7H,8H2,1H3,(H,18,19)(H,14,15,17). The maximum absolute atomic E-state index is 11.8. The number of carboxylic acid groups (broad SMARTS) is 1. The van der Waals surface area contributed by atoms with Crippen LogP contribution in [0.15, 0.2) is 36.5 Å². The summed E-state index contributed by atoms with van der Waals surface area (Å²) in [5, 5.41) is 11.6. The van der Waals surface area contributed by atoms with Crippen molar-refractivity contribution in [3.8, 4) is 0 Å². The van der Waals surface area contributed by atoms with Gasteiger partial charge in [0.1, 0.15) is 18.1 Å². The van der Waals surface area contributed by atoms with E-state index in [0.717, 1.165) is 0 Å². The van der Waals surface area contributed by atoms with Crippen LogP contribution in [0.2, 0.25) is 0 Å². The maximum Gasteiger partial charge on any atom is 0.352 e. The molecule has 0 aliphatic rings. The Bertz CT molecular complexity index is 605. The van der Waals surface area contributed by atoms with Gasteiger partial charge in [0.05, 0.1) is 0 Å². The van der Waals surface area contributed by atoms with Gasteiger partial charge in [0.25, 0.3) is 0 Å². The van der Waals surface area contributed by atoms with E-state index in [2.05, 4.69) is 10.3 Å². The third-order valence-corrected chi connectivity index (χ3v) is 2.65. The summed E-state index contributed by atoms with van der Waals surface area (Å²) >= 11 is 0. The van der Waals surface area contributed by atoms with Crippen LogP contribution in [-0.2, 0) is 11.3 Å². The minimum atomic E-state index is -1.06. The molecule has 0 aromatic carbocycles. The quantitative estimate of drug-likeness (QED) is 0.872. The van der Waals surface area contributed by atoms with Gasteiger partial charge in [-0.3, -0.25) is 4.79 Å². The number of carboxylic acids is 1. The highest BCUT2D eigenvalue weighted by Crippen LogP contribution is 2.09. The van der Waals surface area contributed by atoms with Crippen molar-refractivity contribution in [1.82, 2.24) is 9.55 Å². The third kappa shape index (κ3) is 2.98. The van der Waals surface area contributed by atoms with E-state index >= 15 is 0 Å². The monoisotopic (exact) mass is 259 g/mol. The number of hydrogen-bond acceptors (Lipinski definition) is 3. The van der Waals surface area contributed by atoms with Crippen molar-refractivity contribution in [3.05, 3.63) is 47.9 Å². The first-order valence-corrected chi connectivity index (χ1v) is 5.68. The molecule has 2 rings (SSSR count). The van der Waals surface area contributed by atoms with Crippen LogP contribution < -0.4 is 5.32 Å². The molecule has 2 heterocycles. The highest BCUT2D eigenvalue weighted by molar-refractivity contribution is 5.91. The average molecular weight is 259 g/mol. The van der Waals surface area contributed by atoms with Crippen molar-refractivity contribution in [2.24, 2.45) is 0 Å². The molecular formula is C13H13N3O3. The summed E-state index contributed by atoms with van der Waals surface area (Å²) in [7, 11) is 0. The van der Waals surface area contributed by atoms with Crippen LogP contribution in [-0.4, -0.2) is 26.5 Å². The van der Waals surface area contributed by atoms with Gasteiger partial charge in [-0.15, -0.1) is 0 Å². The zero-order chi connectivity index (χ0) is 13.8. The highest BCUT2D eigenvalue weighted by atomic mass is 16.4. The van der Waals surface area contributed by atoms with Gasteiger partial charge in [0.2, 0.25) is 5.91 Å². The Labute approximate surface area is 109 Å². The van der Waals surface area contributed by atoms with Crippen LogP contribution in [0.25, 0.3) is 0 Å². The molecule has 1 amide bonds. The number of carbonyl (C=O) groups is 2. The lowest BCUT2D eigenvalue weighted by molar-refractivity contribution is -0.116. The molecule has 0 saturated heterocycles. The summed E-state index contributed by atoms with van der Waals surface area (Å²) in [5.41, 5.74) is 0.808. The summed E-state index contributed by atoms with van der Waals surface area (Å²) in [6, 6.07) is 8.31. The lowest BCUT2D eigenvalue weighted by atomic mass is 10.4. The van der Waals surface area contributed by atoms with E-state index in [4.69, 9.17) is 5.11 Å². The molecule has 2 aromatic rings. The van der Waals surface area contributed by atoms with E-state index in [9.17, 15) is 9.59 Å². The van der Waals surface area contributed by atoms with Gasteiger partial charge in [-0.1, -0.05) is 6.07 Å². The fourth-order valence-electron chi connectivity index (χ4n) is 1.73. The van der Waals surface area contributed by atoms with E-state index < -0.39 is 5.97 Å². The number of amides is 1. The topological polar surface area (TPSA) is 84.2 Å². The van der Waals surface area contributed by atoms with E-state index in [1.165, 1.54) is 10.6 Å². The first kappa shape index (κ1) is 12.8. The Morgan fingerprint density at radius 1 is 1.32 bits per heavy atom. The number of aromatic nitrogens is 2. The molecule has 2 N–H and O–H groups in total. The molecule has 0 saturated carbocycles. The van der Waals surface area contributed by atoms with E-state index in [1.54, 1.807) is 37.4 Å². The second-order valence-electron chi connectivity index (χ2n) is 4.01. The van der Waals surface area contributed by atoms with Crippen LogP contribution >= 0.6 is 0 Å². The summed E-state index contributed by atoms with van der Waals surface area (Å²) < 4.78 is 1.45. The van der Waals surface area contributed by atoms with Crippen LogP contribution in [0.5, 0.6) is 0 Å². The largest absolute Gasteiger partial charge is 0.477 e. The first-order chi connectivity index (χ1) is 9.08. The summed E-state index contributed by atoms with van der Waals surface area (Å²) in [6.45, 7) is 1.69. The van der Waals surface area contributed by atoms with Crippen molar-refractivity contribution in [2.75, 3.05) is 5.32 Å². The lowest BCUT2D eigenvalue weighted by Gasteiger charge is -2.09. The number of nitrogens with zero attached hydrogens (tertiary/aromatic N) is 2. The second-order valence-corrected chi connectivity index (χ2v) is 4.01. The smallest absolute Gasteiger partial charge is 0.352 e. The van der Waals surface area contributed by atoms with Gasteiger partial charge in [-0.2, -0.15) is 0 Å². The fourth-order valence-corrected chi connectivity index (χ4v) is 1.73. The normalized spacial score (nSPS) is 10.2. The summed E-state index contributed by atoms with van der Waals surface area (Å²) in [6.07, 6.45) is 1.57. The number of aromatic carboxylic acids is 1. The van der Waals surface area contributed by atoms with Crippen LogP contribution in [0.4, 0.5) is 5.82 Å². The molecule has 2 aromatic heterocycles. The van der Waals surface area contributed by atoms with E-state index in [0.29, 0.717) is 11.5 Å². The molecule has 0 spiro atoms. The maximum atomic E-state index is 11.8. The second kappa shape index (κ2) is 5.34. The molecule has 6 heteroatoms. The number of aryl methyl sites for hydroxylation is 1. The van der Waals surface area contributed by atoms with Gasteiger partial charge >= 0.3 is 5.97 Å². The molecule has 98 valence electrons. The molecule has 0 bridgehead atoms. The Balaban J connectivity index is 2.11. The average Bonchev–Trinajstić information content (AvgIpc) is 2.72. The molecule has 0 atom stereocenters. The zero-order valence-electron chi connectivity index (χ0n) is 10.3. The van der Waals surface area contributed by atoms with Crippen LogP contribution in [0.1, 0.15) is 16.2 Å². The predicted molar refractivity (Wildman–Crippen MR) is 69.0 cm³/mol. The van der Waals surface area contributed by atoms with Crippen molar-refractivity contribution in [3.63, 3.8) is 0 Å². The molecule has 0 aliphatic carbocycles. The lowest BCUT2D eigenvalue weighted by Crippen LogP contribution is -2.22. The Morgan fingerprint density at radius 2 is 2.11 bits per heavy atom. The number of nitrogens with one attached hydrogen (secondary N) is 1. The predicted octanol–water partition coefficient (Wildman–Crippen LogP) is 1.53. The van der Waals surface area contributed by atoms with Crippen LogP contribution in [0.3, 0.4) is 0 Å². The Hall–Kier alpha value is -2.63. The van der Waals surface area contributed by atoms with Crippen molar-refractivity contribution >= 4 is 17.7 Å². The fraction of sp³-hybridized carbons (Fsp3) is 0.154. The number of anilines is 1. The third-order valence-electron chi connectivity index (χ3n) is 2.65. The van der Waals surface area contributed by atoms with Gasteiger partial charge in [-0.05, 0) is 31.2 Å². The highest BCUT2D eigenvalue weighted by Gasteiger charge is 2.14. The minimum absolute atomic E-state index is 0.0585. The Morgan fingerprint density at radius 3 is 2.74 bits per heavy atom.